The summed E-state index contributed by atoms with van der Waals surface area (Å²) >= 11 is 1.39. The minimum atomic E-state index is -0.0300. The molecule has 0 aliphatic carbocycles. The fraction of sp³-hybridized carbons (Fsp3) is 0.348. The third kappa shape index (κ3) is 6.57. The van der Waals surface area contributed by atoms with Crippen molar-refractivity contribution in [2.45, 2.75) is 24.5 Å². The lowest BCUT2D eigenvalue weighted by molar-refractivity contribution is -0.118. The molecular weight excluding hydrogens is 412 g/mol. The molecule has 0 aliphatic rings. The van der Waals surface area contributed by atoms with E-state index in [9.17, 15) is 4.79 Å². The highest BCUT2D eigenvalue weighted by atomic mass is 32.2. The van der Waals surface area contributed by atoms with Crippen LogP contribution >= 0.6 is 11.8 Å². The van der Waals surface area contributed by atoms with E-state index in [0.29, 0.717) is 24.9 Å². The van der Waals surface area contributed by atoms with Crippen LogP contribution in [0.4, 0.5) is 0 Å². The normalized spacial score (nSPS) is 10.8. The molecule has 2 aromatic carbocycles. The summed E-state index contributed by atoms with van der Waals surface area (Å²) in [7, 11) is 3.30. The number of methoxy groups -OCH3 is 2. The predicted molar refractivity (Wildman–Crippen MR) is 122 cm³/mol. The summed E-state index contributed by atoms with van der Waals surface area (Å²) in [6.07, 6.45) is 1.62. The second-order valence-electron chi connectivity index (χ2n) is 6.88. The number of carbonyl (C=O) groups is 1. The van der Waals surface area contributed by atoms with Gasteiger partial charge in [0.05, 0.1) is 18.4 Å². The molecule has 0 unspecified atom stereocenters. The predicted octanol–water partition coefficient (Wildman–Crippen LogP) is 3.44. The number of aryl methyl sites for hydroxylation is 1. The van der Waals surface area contributed by atoms with Crippen molar-refractivity contribution in [3.63, 3.8) is 0 Å². The first-order valence-corrected chi connectivity index (χ1v) is 11.2. The molecule has 0 radical (unpaired) electrons. The van der Waals surface area contributed by atoms with E-state index in [-0.39, 0.29) is 11.7 Å². The Labute approximate surface area is 187 Å². The highest BCUT2D eigenvalue weighted by Gasteiger charge is 2.18. The van der Waals surface area contributed by atoms with E-state index < -0.39 is 0 Å². The Kier molecular flexibility index (Phi) is 8.93. The molecule has 1 amide bonds. The Hall–Kier alpha value is -2.84. The number of rotatable bonds is 12. The van der Waals surface area contributed by atoms with Gasteiger partial charge in [-0.1, -0.05) is 54.2 Å². The number of nitrogens with zero attached hydrogens (tertiary/aromatic N) is 3. The minimum absolute atomic E-state index is 0.0300. The molecule has 0 fully saturated rings. The highest BCUT2D eigenvalue weighted by molar-refractivity contribution is 7.99. The second-order valence-corrected chi connectivity index (χ2v) is 7.82. The van der Waals surface area contributed by atoms with E-state index in [0.717, 1.165) is 30.0 Å². The van der Waals surface area contributed by atoms with E-state index in [1.54, 1.807) is 14.2 Å². The molecule has 31 heavy (non-hydrogen) atoms. The largest absolute Gasteiger partial charge is 0.496 e. The standard InChI is InChI=1S/C23H28N4O3S/c1-29-16-8-14-24-21(28)17-31-23-26-25-22(19-11-6-7-12-20(19)30-2)27(23)15-13-18-9-4-3-5-10-18/h3-7,9-12H,8,13-17H2,1-2H3,(H,24,28). The smallest absolute Gasteiger partial charge is 0.230 e. The van der Waals surface area contributed by atoms with E-state index in [1.807, 2.05) is 42.5 Å². The van der Waals surface area contributed by atoms with Crippen molar-refractivity contribution >= 4 is 17.7 Å². The average Bonchev–Trinajstić information content (AvgIpc) is 3.22. The molecule has 1 aromatic heterocycles. The van der Waals surface area contributed by atoms with Crippen LogP contribution in [0.2, 0.25) is 0 Å². The first kappa shape index (κ1) is 22.8. The summed E-state index contributed by atoms with van der Waals surface area (Å²) in [6, 6.07) is 18.0. The van der Waals surface area contributed by atoms with Crippen LogP contribution < -0.4 is 10.1 Å². The number of nitrogens with one attached hydrogen (secondary N) is 1. The van der Waals surface area contributed by atoms with Gasteiger partial charge in [-0.2, -0.15) is 0 Å². The van der Waals surface area contributed by atoms with Crippen LogP contribution in [0.15, 0.2) is 59.8 Å². The van der Waals surface area contributed by atoms with Gasteiger partial charge in [-0.3, -0.25) is 4.79 Å². The lowest BCUT2D eigenvalue weighted by Crippen LogP contribution is -2.27. The van der Waals surface area contributed by atoms with Gasteiger partial charge in [-0.15, -0.1) is 10.2 Å². The van der Waals surface area contributed by atoms with Crippen LogP contribution in [-0.2, 0) is 22.5 Å². The van der Waals surface area contributed by atoms with Crippen molar-refractivity contribution in [2.75, 3.05) is 33.1 Å². The van der Waals surface area contributed by atoms with Gasteiger partial charge in [0.25, 0.3) is 0 Å². The summed E-state index contributed by atoms with van der Waals surface area (Å²) in [5.41, 5.74) is 2.11. The quantitative estimate of drug-likeness (QED) is 0.343. The Bertz CT molecular complexity index is 962. The first-order valence-electron chi connectivity index (χ1n) is 10.2. The van der Waals surface area contributed by atoms with Gasteiger partial charge in [0, 0.05) is 26.8 Å². The first-order chi connectivity index (χ1) is 15.2. The third-order valence-corrected chi connectivity index (χ3v) is 5.68. The molecule has 7 nitrogen and oxygen atoms in total. The van der Waals surface area contributed by atoms with E-state index in [1.165, 1.54) is 17.3 Å². The number of ether oxygens (including phenoxy) is 2. The van der Waals surface area contributed by atoms with Crippen LogP contribution in [0.1, 0.15) is 12.0 Å². The van der Waals surface area contributed by atoms with Gasteiger partial charge < -0.3 is 19.4 Å². The highest BCUT2D eigenvalue weighted by Crippen LogP contribution is 2.31. The summed E-state index contributed by atoms with van der Waals surface area (Å²) in [6.45, 7) is 1.92. The number of benzene rings is 2. The lowest BCUT2D eigenvalue weighted by Gasteiger charge is -2.12. The molecule has 8 heteroatoms. The van der Waals surface area contributed by atoms with Crippen LogP contribution in [0.25, 0.3) is 11.4 Å². The van der Waals surface area contributed by atoms with Crippen molar-refractivity contribution in [3.05, 3.63) is 60.2 Å². The lowest BCUT2D eigenvalue weighted by atomic mass is 10.1. The monoisotopic (exact) mass is 440 g/mol. The number of aromatic nitrogens is 3. The third-order valence-electron chi connectivity index (χ3n) is 4.71. The summed E-state index contributed by atoms with van der Waals surface area (Å²) in [4.78, 5) is 12.2. The number of hydrogen-bond donors (Lipinski definition) is 1. The maximum absolute atomic E-state index is 12.2. The molecule has 1 N–H and O–H groups in total. The van der Waals surface area contributed by atoms with Gasteiger partial charge in [-0.05, 0) is 30.5 Å². The molecular formula is C23H28N4O3S. The van der Waals surface area contributed by atoms with Gasteiger partial charge in [0.2, 0.25) is 5.91 Å². The fourth-order valence-corrected chi connectivity index (χ4v) is 3.93. The topological polar surface area (TPSA) is 78.3 Å². The Morgan fingerprint density at radius 3 is 2.61 bits per heavy atom. The average molecular weight is 441 g/mol. The number of amides is 1. The van der Waals surface area contributed by atoms with E-state index in [2.05, 4.69) is 32.2 Å². The zero-order chi connectivity index (χ0) is 21.9. The van der Waals surface area contributed by atoms with Gasteiger partial charge in [-0.25, -0.2) is 0 Å². The van der Waals surface area contributed by atoms with Crippen molar-refractivity contribution in [1.82, 2.24) is 20.1 Å². The molecule has 164 valence electrons. The van der Waals surface area contributed by atoms with Crippen LogP contribution in [0, 0.1) is 0 Å². The SMILES string of the molecule is COCCCNC(=O)CSc1nnc(-c2ccccc2OC)n1CCc1ccccc1. The van der Waals surface area contributed by atoms with Gasteiger partial charge in [0.15, 0.2) is 11.0 Å². The van der Waals surface area contributed by atoms with Crippen molar-refractivity contribution < 1.29 is 14.3 Å². The molecule has 0 saturated carbocycles. The van der Waals surface area contributed by atoms with Gasteiger partial charge in [0.1, 0.15) is 5.75 Å². The van der Waals surface area contributed by atoms with Crippen LogP contribution in [-0.4, -0.2) is 53.8 Å². The molecule has 0 saturated heterocycles. The fourth-order valence-electron chi connectivity index (χ4n) is 3.14. The summed E-state index contributed by atoms with van der Waals surface area (Å²) in [5.74, 6) is 1.72. The summed E-state index contributed by atoms with van der Waals surface area (Å²) in [5, 5.41) is 12.4. The molecule has 0 bridgehead atoms. The van der Waals surface area contributed by atoms with Crippen molar-refractivity contribution in [2.24, 2.45) is 0 Å². The Morgan fingerprint density at radius 2 is 1.84 bits per heavy atom. The van der Waals surface area contributed by atoms with Gasteiger partial charge >= 0.3 is 0 Å². The Balaban J connectivity index is 1.76. The van der Waals surface area contributed by atoms with E-state index >= 15 is 0 Å². The Morgan fingerprint density at radius 1 is 1.06 bits per heavy atom. The molecule has 1 heterocycles. The maximum atomic E-state index is 12.2. The van der Waals surface area contributed by atoms with Crippen LogP contribution in [0.3, 0.4) is 0 Å². The molecule has 3 rings (SSSR count). The maximum Gasteiger partial charge on any atom is 0.230 e. The van der Waals surface area contributed by atoms with Crippen molar-refractivity contribution in [3.8, 4) is 17.1 Å². The minimum Gasteiger partial charge on any atom is -0.496 e. The zero-order valence-corrected chi connectivity index (χ0v) is 18.7. The van der Waals surface area contributed by atoms with E-state index in [4.69, 9.17) is 9.47 Å². The second kappa shape index (κ2) is 12.1. The molecule has 0 spiro atoms. The molecule has 0 atom stereocenters. The molecule has 0 aliphatic heterocycles. The molecule has 3 aromatic rings. The number of thioether (sulfide) groups is 1. The van der Waals surface area contributed by atoms with Crippen molar-refractivity contribution in [1.29, 1.82) is 0 Å². The summed E-state index contributed by atoms with van der Waals surface area (Å²) < 4.78 is 12.6. The number of para-hydroxylation sites is 1. The van der Waals surface area contributed by atoms with Crippen LogP contribution in [0.5, 0.6) is 5.75 Å². The number of carbonyl (C=O) groups excluding carboxylic acids is 1. The number of hydrogen-bond acceptors (Lipinski definition) is 6. The zero-order valence-electron chi connectivity index (χ0n) is 17.9.